The Bertz CT molecular complexity index is 1420. The molecule has 0 unspecified atom stereocenters. The first kappa shape index (κ1) is 20.6. The Morgan fingerprint density at radius 3 is 2.81 bits per heavy atom. The number of nitro groups is 1. The van der Waals surface area contributed by atoms with Crippen LogP contribution in [-0.2, 0) is 13.1 Å². The van der Waals surface area contributed by atoms with Crippen LogP contribution in [0.15, 0.2) is 58.5 Å². The molecule has 3 aromatic heterocycles. The first-order valence-corrected chi connectivity index (χ1v) is 9.40. The van der Waals surface area contributed by atoms with Crippen molar-refractivity contribution in [3.05, 3.63) is 91.0 Å². The van der Waals surface area contributed by atoms with E-state index in [0.29, 0.717) is 11.2 Å². The summed E-state index contributed by atoms with van der Waals surface area (Å²) >= 11 is 0. The highest BCUT2D eigenvalue weighted by molar-refractivity contribution is 5.91. The summed E-state index contributed by atoms with van der Waals surface area (Å²) < 4.78 is 2.83. The number of aromatic nitrogens is 6. The number of hydrogen-bond acceptors (Lipinski definition) is 8. The monoisotopic (exact) mass is 436 g/mol. The van der Waals surface area contributed by atoms with Gasteiger partial charge in [-0.05, 0) is 11.6 Å². The van der Waals surface area contributed by atoms with Crippen LogP contribution in [0.1, 0.15) is 16.1 Å². The molecule has 1 aromatic carbocycles. The van der Waals surface area contributed by atoms with Crippen LogP contribution in [0.4, 0.5) is 5.69 Å². The number of aromatic amines is 1. The van der Waals surface area contributed by atoms with Gasteiger partial charge in [0, 0.05) is 24.7 Å². The average molecular weight is 436 g/mol. The number of rotatable bonds is 7. The standard InChI is InChI=1S/C19H16N8O5/c28-16-5-4-15(23-24-16)18(29)20-6-7-26-17-14(9-22-26)19(30)25(11-21-17)10-12-2-1-3-13(8-12)27(31)32/h1-5,8-9,11H,6-7,10H2,(H,20,29)(H,24,28). The van der Waals surface area contributed by atoms with Gasteiger partial charge in [-0.1, -0.05) is 12.1 Å². The number of benzene rings is 1. The van der Waals surface area contributed by atoms with Crippen LogP contribution in [0.2, 0.25) is 0 Å². The number of non-ortho nitro benzene ring substituents is 1. The molecule has 0 aliphatic rings. The number of nitro benzene ring substituents is 1. The molecule has 32 heavy (non-hydrogen) atoms. The Hall–Kier alpha value is -4.68. The van der Waals surface area contributed by atoms with E-state index in [0.717, 1.165) is 0 Å². The summed E-state index contributed by atoms with van der Waals surface area (Å²) in [5.41, 5.74) is 0.199. The molecule has 0 saturated carbocycles. The summed E-state index contributed by atoms with van der Waals surface area (Å²) in [4.78, 5) is 50.6. The van der Waals surface area contributed by atoms with Crippen molar-refractivity contribution < 1.29 is 9.72 Å². The third-order valence-corrected chi connectivity index (χ3v) is 4.62. The topological polar surface area (TPSA) is 171 Å². The van der Waals surface area contributed by atoms with Crippen molar-refractivity contribution in [1.82, 2.24) is 34.8 Å². The number of hydrogen-bond donors (Lipinski definition) is 2. The lowest BCUT2D eigenvalue weighted by molar-refractivity contribution is -0.384. The maximum absolute atomic E-state index is 12.8. The Balaban J connectivity index is 1.47. The van der Waals surface area contributed by atoms with Gasteiger partial charge in [0.15, 0.2) is 5.65 Å². The Labute approximate surface area is 178 Å². The molecule has 0 bridgehead atoms. The molecule has 13 nitrogen and oxygen atoms in total. The highest BCUT2D eigenvalue weighted by Crippen LogP contribution is 2.14. The smallest absolute Gasteiger partial charge is 0.271 e. The Morgan fingerprint density at radius 1 is 1.22 bits per heavy atom. The number of fused-ring (bicyclic) bond motifs is 1. The highest BCUT2D eigenvalue weighted by atomic mass is 16.6. The summed E-state index contributed by atoms with van der Waals surface area (Å²) in [6.45, 7) is 0.561. The van der Waals surface area contributed by atoms with Gasteiger partial charge < -0.3 is 5.32 Å². The molecule has 4 rings (SSSR count). The van der Waals surface area contributed by atoms with Gasteiger partial charge in [-0.2, -0.15) is 10.2 Å². The number of H-pyrrole nitrogens is 1. The van der Waals surface area contributed by atoms with E-state index >= 15 is 0 Å². The third-order valence-electron chi connectivity index (χ3n) is 4.62. The number of nitrogens with zero attached hydrogens (tertiary/aromatic N) is 6. The van der Waals surface area contributed by atoms with Gasteiger partial charge in [0.05, 0.1) is 24.2 Å². The molecule has 0 spiro atoms. The zero-order valence-corrected chi connectivity index (χ0v) is 16.5. The first-order chi connectivity index (χ1) is 15.4. The number of amides is 1. The van der Waals surface area contributed by atoms with E-state index < -0.39 is 16.4 Å². The zero-order chi connectivity index (χ0) is 22.7. The summed E-state index contributed by atoms with van der Waals surface area (Å²) in [6.07, 6.45) is 2.74. The molecule has 13 heteroatoms. The molecule has 3 heterocycles. The van der Waals surface area contributed by atoms with Gasteiger partial charge >= 0.3 is 0 Å². The quantitative estimate of drug-likeness (QED) is 0.302. The van der Waals surface area contributed by atoms with Crippen molar-refractivity contribution in [2.24, 2.45) is 0 Å². The molecule has 0 aliphatic carbocycles. The van der Waals surface area contributed by atoms with Crippen LogP contribution in [0, 0.1) is 10.1 Å². The lowest BCUT2D eigenvalue weighted by Crippen LogP contribution is -2.29. The van der Waals surface area contributed by atoms with Gasteiger partial charge in [0.2, 0.25) is 0 Å². The SMILES string of the molecule is O=C(NCCn1ncc2c(=O)n(Cc3cccc([N+](=O)[O-])c3)cnc21)c1ccc(=O)[nH]n1. The van der Waals surface area contributed by atoms with Crippen molar-refractivity contribution in [2.45, 2.75) is 13.1 Å². The number of carbonyl (C=O) groups is 1. The van der Waals surface area contributed by atoms with Crippen molar-refractivity contribution >= 4 is 22.6 Å². The summed E-state index contributed by atoms with van der Waals surface area (Å²) in [6, 6.07) is 8.53. The van der Waals surface area contributed by atoms with Gasteiger partial charge in [-0.3, -0.25) is 29.1 Å². The molecule has 0 atom stereocenters. The van der Waals surface area contributed by atoms with Crippen LogP contribution in [0.5, 0.6) is 0 Å². The third kappa shape index (κ3) is 4.26. The number of carbonyl (C=O) groups excluding carboxylic acids is 1. The van der Waals surface area contributed by atoms with E-state index in [1.165, 1.54) is 46.0 Å². The normalized spacial score (nSPS) is 10.9. The lowest BCUT2D eigenvalue weighted by atomic mass is 10.2. The van der Waals surface area contributed by atoms with E-state index in [-0.39, 0.29) is 42.0 Å². The molecule has 162 valence electrons. The fourth-order valence-electron chi connectivity index (χ4n) is 3.08. The van der Waals surface area contributed by atoms with E-state index in [2.05, 4.69) is 25.6 Å². The molecule has 0 aliphatic heterocycles. The summed E-state index contributed by atoms with van der Waals surface area (Å²) in [7, 11) is 0. The second-order valence-electron chi connectivity index (χ2n) is 6.77. The lowest BCUT2D eigenvalue weighted by Gasteiger charge is -2.07. The first-order valence-electron chi connectivity index (χ1n) is 9.40. The van der Waals surface area contributed by atoms with Gasteiger partial charge in [0.1, 0.15) is 17.4 Å². The molecular weight excluding hydrogens is 420 g/mol. The van der Waals surface area contributed by atoms with E-state index in [1.807, 2.05) is 0 Å². The Morgan fingerprint density at radius 2 is 2.06 bits per heavy atom. The molecule has 2 N–H and O–H groups in total. The van der Waals surface area contributed by atoms with Crippen LogP contribution >= 0.6 is 0 Å². The van der Waals surface area contributed by atoms with Crippen LogP contribution in [-0.4, -0.2) is 46.9 Å². The van der Waals surface area contributed by atoms with Crippen LogP contribution < -0.4 is 16.4 Å². The van der Waals surface area contributed by atoms with Crippen molar-refractivity contribution in [3.8, 4) is 0 Å². The van der Waals surface area contributed by atoms with Crippen LogP contribution in [0.25, 0.3) is 11.0 Å². The van der Waals surface area contributed by atoms with Crippen molar-refractivity contribution in [1.29, 1.82) is 0 Å². The van der Waals surface area contributed by atoms with Gasteiger partial charge in [-0.25, -0.2) is 14.8 Å². The predicted molar refractivity (Wildman–Crippen MR) is 111 cm³/mol. The summed E-state index contributed by atoms with van der Waals surface area (Å²) in [5.74, 6) is -0.468. The minimum Gasteiger partial charge on any atom is -0.349 e. The Kier molecular flexibility index (Phi) is 5.53. The maximum Gasteiger partial charge on any atom is 0.271 e. The molecule has 1 amide bonds. The van der Waals surface area contributed by atoms with Crippen molar-refractivity contribution in [3.63, 3.8) is 0 Å². The van der Waals surface area contributed by atoms with E-state index in [9.17, 15) is 24.5 Å². The second kappa shape index (κ2) is 8.59. The maximum atomic E-state index is 12.8. The van der Waals surface area contributed by atoms with E-state index in [1.54, 1.807) is 12.1 Å². The molecular formula is C19H16N8O5. The van der Waals surface area contributed by atoms with Crippen molar-refractivity contribution in [2.75, 3.05) is 6.54 Å². The fraction of sp³-hybridized carbons (Fsp3) is 0.158. The molecule has 0 saturated heterocycles. The fourth-order valence-corrected chi connectivity index (χ4v) is 3.08. The molecule has 4 aromatic rings. The second-order valence-corrected chi connectivity index (χ2v) is 6.77. The van der Waals surface area contributed by atoms with Crippen LogP contribution in [0.3, 0.4) is 0 Å². The van der Waals surface area contributed by atoms with Gasteiger partial charge in [-0.15, -0.1) is 0 Å². The molecule has 0 fully saturated rings. The van der Waals surface area contributed by atoms with E-state index in [4.69, 9.17) is 0 Å². The largest absolute Gasteiger partial charge is 0.349 e. The minimum atomic E-state index is -0.496. The van der Waals surface area contributed by atoms with Gasteiger partial charge in [0.25, 0.3) is 22.7 Å². The zero-order valence-electron chi connectivity index (χ0n) is 16.5. The number of nitrogens with one attached hydrogen (secondary N) is 2. The summed E-state index contributed by atoms with van der Waals surface area (Å²) in [5, 5.41) is 23.9. The molecule has 0 radical (unpaired) electrons. The average Bonchev–Trinajstić information content (AvgIpc) is 3.20. The minimum absolute atomic E-state index is 0.0588. The highest BCUT2D eigenvalue weighted by Gasteiger charge is 2.13. The predicted octanol–water partition coefficient (Wildman–Crippen LogP) is 0.0628.